The van der Waals surface area contributed by atoms with Crippen molar-refractivity contribution in [1.29, 1.82) is 0 Å². The van der Waals surface area contributed by atoms with E-state index < -0.39 is 0 Å². The van der Waals surface area contributed by atoms with Crippen LogP contribution in [0.1, 0.15) is 27.2 Å². The highest BCUT2D eigenvalue weighted by atomic mass is 79.9. The molecule has 1 N–H and O–H groups in total. The molecule has 6 rings (SSSR count). The molecule has 0 bridgehead atoms. The van der Waals surface area contributed by atoms with Crippen LogP contribution in [-0.4, -0.2) is 37.3 Å². The summed E-state index contributed by atoms with van der Waals surface area (Å²) >= 11 is 3.56. The lowest BCUT2D eigenvalue weighted by Gasteiger charge is -2.27. The van der Waals surface area contributed by atoms with Crippen LogP contribution >= 0.6 is 15.9 Å². The number of carbonyl (C=O) groups excluding carboxylic acids is 1. The molecule has 0 spiro atoms. The summed E-state index contributed by atoms with van der Waals surface area (Å²) in [5, 5.41) is 9.65. The third-order valence-electron chi connectivity index (χ3n) is 6.18. The predicted molar refractivity (Wildman–Crippen MR) is 128 cm³/mol. The van der Waals surface area contributed by atoms with Crippen molar-refractivity contribution < 1.29 is 4.79 Å². The fraction of sp³-hybridized carbons (Fsp3) is 0.160. The van der Waals surface area contributed by atoms with Crippen molar-refractivity contribution in [3.63, 3.8) is 0 Å². The molecule has 7 heteroatoms. The molecular weight excluding hydrogens is 466 g/mol. The maximum Gasteiger partial charge on any atom is 0.254 e. The van der Waals surface area contributed by atoms with E-state index in [1.165, 1.54) is 16.6 Å². The number of benzene rings is 3. The number of nitrogens with one attached hydrogen (secondary N) is 1. The van der Waals surface area contributed by atoms with E-state index in [4.69, 9.17) is 0 Å². The molecular formula is C25H20BrN5O. The van der Waals surface area contributed by atoms with Gasteiger partial charge in [-0.25, -0.2) is 4.68 Å². The number of H-pyrrole nitrogens is 1. The fourth-order valence-electron chi connectivity index (χ4n) is 4.50. The highest BCUT2D eigenvalue weighted by Crippen LogP contribution is 2.30. The van der Waals surface area contributed by atoms with Crippen LogP contribution in [0, 0.1) is 0 Å². The standard InChI is InChI=1S/C25H20BrN5O/c26-18-9-10-21-19(13-18)20-15-30(12-11-22(20)27-21)25(32)17-7-5-16(6-8-17)14-31-24-4-2-1-3-23(24)28-29-31/h1-10,13,27H,11-12,14-15H2. The largest absolute Gasteiger partial charge is 0.358 e. The SMILES string of the molecule is O=C(c1ccc(Cn2nnc3ccccc32)cc1)N1CCc2[nH]c3ccc(Br)cc3c2C1. The van der Waals surface area contributed by atoms with Crippen molar-refractivity contribution in [3.05, 3.63) is 93.6 Å². The summed E-state index contributed by atoms with van der Waals surface area (Å²) in [7, 11) is 0. The van der Waals surface area contributed by atoms with E-state index in [1.807, 2.05) is 64.2 Å². The molecule has 0 saturated carbocycles. The molecule has 3 aromatic carbocycles. The Balaban J connectivity index is 1.21. The minimum absolute atomic E-state index is 0.0674. The van der Waals surface area contributed by atoms with Gasteiger partial charge in [-0.05, 0) is 48.0 Å². The van der Waals surface area contributed by atoms with Gasteiger partial charge in [-0.2, -0.15) is 0 Å². The predicted octanol–water partition coefficient (Wildman–Crippen LogP) is 4.92. The summed E-state index contributed by atoms with van der Waals surface area (Å²) in [6.07, 6.45) is 0.838. The maximum atomic E-state index is 13.2. The van der Waals surface area contributed by atoms with Gasteiger partial charge >= 0.3 is 0 Å². The first-order valence-electron chi connectivity index (χ1n) is 10.6. The second kappa shape index (κ2) is 7.60. The van der Waals surface area contributed by atoms with Crippen LogP contribution in [0.5, 0.6) is 0 Å². The highest BCUT2D eigenvalue weighted by molar-refractivity contribution is 9.10. The van der Waals surface area contributed by atoms with Crippen LogP contribution in [-0.2, 0) is 19.5 Å². The van der Waals surface area contributed by atoms with Gasteiger partial charge in [-0.1, -0.05) is 45.4 Å². The van der Waals surface area contributed by atoms with Gasteiger partial charge in [0.1, 0.15) is 5.52 Å². The number of fused-ring (bicyclic) bond motifs is 4. The molecule has 158 valence electrons. The molecule has 0 atom stereocenters. The van der Waals surface area contributed by atoms with Gasteiger partial charge in [0, 0.05) is 51.7 Å². The number of aromatic nitrogens is 4. The minimum atomic E-state index is 0.0674. The Kier molecular flexibility index (Phi) is 4.57. The summed E-state index contributed by atoms with van der Waals surface area (Å²) in [6, 6.07) is 22.0. The normalized spacial score (nSPS) is 13.6. The second-order valence-corrected chi connectivity index (χ2v) is 9.10. The molecule has 32 heavy (non-hydrogen) atoms. The molecule has 6 nitrogen and oxygen atoms in total. The van der Waals surface area contributed by atoms with Crippen LogP contribution in [0.25, 0.3) is 21.9 Å². The number of rotatable bonds is 3. The first-order chi connectivity index (χ1) is 15.7. The number of amides is 1. The van der Waals surface area contributed by atoms with E-state index in [-0.39, 0.29) is 5.91 Å². The number of para-hydroxylation sites is 1. The van der Waals surface area contributed by atoms with Gasteiger partial charge in [-0.3, -0.25) is 4.79 Å². The fourth-order valence-corrected chi connectivity index (χ4v) is 4.86. The number of nitrogens with zero attached hydrogens (tertiary/aromatic N) is 4. The van der Waals surface area contributed by atoms with Gasteiger partial charge in [0.25, 0.3) is 5.91 Å². The number of hydrogen-bond acceptors (Lipinski definition) is 3. The Hall–Kier alpha value is -3.45. The third kappa shape index (κ3) is 3.29. The molecule has 1 amide bonds. The molecule has 2 aromatic heterocycles. The first kappa shape index (κ1) is 19.3. The lowest BCUT2D eigenvalue weighted by Crippen LogP contribution is -2.35. The maximum absolute atomic E-state index is 13.2. The Labute approximate surface area is 193 Å². The van der Waals surface area contributed by atoms with Crippen LogP contribution in [0.2, 0.25) is 0 Å². The van der Waals surface area contributed by atoms with E-state index in [0.29, 0.717) is 25.2 Å². The zero-order valence-electron chi connectivity index (χ0n) is 17.3. The lowest BCUT2D eigenvalue weighted by atomic mass is 10.0. The van der Waals surface area contributed by atoms with Crippen LogP contribution in [0.4, 0.5) is 0 Å². The average Bonchev–Trinajstić information content (AvgIpc) is 3.40. The van der Waals surface area contributed by atoms with Crippen molar-refractivity contribution in [2.24, 2.45) is 0 Å². The average molecular weight is 486 g/mol. The van der Waals surface area contributed by atoms with E-state index in [0.717, 1.165) is 33.0 Å². The van der Waals surface area contributed by atoms with Crippen molar-refractivity contribution in [3.8, 4) is 0 Å². The van der Waals surface area contributed by atoms with E-state index in [1.54, 1.807) is 0 Å². The zero-order valence-corrected chi connectivity index (χ0v) is 18.8. The molecule has 5 aromatic rings. The summed E-state index contributed by atoms with van der Waals surface area (Å²) in [5.41, 5.74) is 7.25. The second-order valence-electron chi connectivity index (χ2n) is 8.18. The molecule has 0 saturated heterocycles. The molecule has 0 unspecified atom stereocenters. The first-order valence-corrected chi connectivity index (χ1v) is 11.4. The molecule has 0 aliphatic carbocycles. The van der Waals surface area contributed by atoms with Gasteiger partial charge in [0.05, 0.1) is 12.1 Å². The third-order valence-corrected chi connectivity index (χ3v) is 6.67. The summed E-state index contributed by atoms with van der Waals surface area (Å²) in [4.78, 5) is 18.7. The van der Waals surface area contributed by atoms with Gasteiger partial charge in [0.15, 0.2) is 0 Å². The minimum Gasteiger partial charge on any atom is -0.358 e. The van der Waals surface area contributed by atoms with Gasteiger partial charge in [0.2, 0.25) is 0 Å². The van der Waals surface area contributed by atoms with E-state index >= 15 is 0 Å². The summed E-state index contributed by atoms with van der Waals surface area (Å²) < 4.78 is 2.93. The van der Waals surface area contributed by atoms with Gasteiger partial charge < -0.3 is 9.88 Å². The number of halogens is 1. The van der Waals surface area contributed by atoms with Crippen molar-refractivity contribution in [2.75, 3.05) is 6.54 Å². The Morgan fingerprint density at radius 3 is 2.78 bits per heavy atom. The zero-order chi connectivity index (χ0) is 21.7. The van der Waals surface area contributed by atoms with E-state index in [9.17, 15) is 4.79 Å². The van der Waals surface area contributed by atoms with Crippen molar-refractivity contribution >= 4 is 43.8 Å². The Morgan fingerprint density at radius 2 is 1.91 bits per heavy atom. The topological polar surface area (TPSA) is 66.8 Å². The van der Waals surface area contributed by atoms with Crippen LogP contribution in [0.3, 0.4) is 0 Å². The van der Waals surface area contributed by atoms with Crippen LogP contribution in [0.15, 0.2) is 71.2 Å². The monoisotopic (exact) mass is 485 g/mol. The van der Waals surface area contributed by atoms with Crippen molar-refractivity contribution in [1.82, 2.24) is 24.9 Å². The lowest BCUT2D eigenvalue weighted by molar-refractivity contribution is 0.0735. The summed E-state index contributed by atoms with van der Waals surface area (Å²) in [6.45, 7) is 1.95. The quantitative estimate of drug-likeness (QED) is 0.394. The Bertz CT molecular complexity index is 1470. The Morgan fingerprint density at radius 1 is 1.06 bits per heavy atom. The van der Waals surface area contributed by atoms with Crippen LogP contribution < -0.4 is 0 Å². The molecule has 3 heterocycles. The summed E-state index contributed by atoms with van der Waals surface area (Å²) in [5.74, 6) is 0.0674. The van der Waals surface area contributed by atoms with E-state index in [2.05, 4.69) is 43.4 Å². The smallest absolute Gasteiger partial charge is 0.254 e. The molecule has 1 aliphatic rings. The highest BCUT2D eigenvalue weighted by Gasteiger charge is 2.25. The number of hydrogen-bond donors (Lipinski definition) is 1. The molecule has 0 radical (unpaired) electrons. The molecule has 1 aliphatic heterocycles. The van der Waals surface area contributed by atoms with Crippen molar-refractivity contribution in [2.45, 2.75) is 19.5 Å². The number of aromatic amines is 1. The molecule has 0 fully saturated rings. The number of carbonyl (C=O) groups is 1. The van der Waals surface area contributed by atoms with Gasteiger partial charge in [-0.15, -0.1) is 5.10 Å².